The van der Waals surface area contributed by atoms with Crippen LogP contribution in [0.3, 0.4) is 0 Å². The van der Waals surface area contributed by atoms with Crippen LogP contribution < -0.4 is 5.32 Å². The van der Waals surface area contributed by atoms with Crippen LogP contribution in [-0.2, 0) is 4.79 Å². The number of rotatable bonds is 4. The van der Waals surface area contributed by atoms with E-state index in [1.807, 2.05) is 17.5 Å². The molecule has 2 rings (SSSR count). The van der Waals surface area contributed by atoms with E-state index >= 15 is 0 Å². The monoisotopic (exact) mass is 291 g/mol. The van der Waals surface area contributed by atoms with Crippen LogP contribution in [0.4, 0.5) is 0 Å². The molecular formula is C12H9N3O2S2. The quantitative estimate of drug-likeness (QED) is 0.689. The SMILES string of the molecule is CNC(=O)[C@@H](C#N)C(=O)c1cnc(-c2cccs2)s1. The van der Waals surface area contributed by atoms with E-state index in [0.717, 1.165) is 4.88 Å². The minimum atomic E-state index is -1.32. The number of Topliss-reactive ketones (excluding diaryl/α,β-unsaturated/α-hetero) is 1. The molecule has 0 unspecified atom stereocenters. The second kappa shape index (κ2) is 5.73. The van der Waals surface area contributed by atoms with Gasteiger partial charge in [0.05, 0.1) is 15.8 Å². The number of nitriles is 1. The molecule has 19 heavy (non-hydrogen) atoms. The molecule has 7 heteroatoms. The molecule has 2 aromatic rings. The number of amides is 1. The zero-order valence-corrected chi connectivity index (χ0v) is 11.5. The molecule has 0 aromatic carbocycles. The van der Waals surface area contributed by atoms with Crippen LogP contribution in [0, 0.1) is 17.2 Å². The smallest absolute Gasteiger partial charge is 0.245 e. The molecule has 0 bridgehead atoms. The number of aromatic nitrogens is 1. The zero-order valence-electron chi connectivity index (χ0n) is 9.91. The Labute approximate surface area is 117 Å². The third-order valence-electron chi connectivity index (χ3n) is 2.38. The molecule has 1 amide bonds. The molecule has 0 aliphatic carbocycles. The second-order valence-corrected chi connectivity index (χ2v) is 5.53. The standard InChI is InChI=1S/C12H9N3O2S2/c1-14-11(17)7(5-13)10(16)9-6-15-12(19-9)8-3-2-4-18-8/h2-4,6-7H,1H3,(H,14,17)/t7-/m0/s1. The molecule has 0 fully saturated rings. The molecule has 2 heterocycles. The lowest BCUT2D eigenvalue weighted by molar-refractivity contribution is -0.121. The lowest BCUT2D eigenvalue weighted by atomic mass is 10.0. The van der Waals surface area contributed by atoms with Crippen molar-refractivity contribution in [3.05, 3.63) is 28.6 Å². The Bertz CT molecular complexity index is 640. The zero-order chi connectivity index (χ0) is 13.8. The van der Waals surface area contributed by atoms with Gasteiger partial charge in [-0.15, -0.1) is 22.7 Å². The van der Waals surface area contributed by atoms with E-state index in [4.69, 9.17) is 5.26 Å². The number of carbonyl (C=O) groups is 2. The van der Waals surface area contributed by atoms with E-state index in [2.05, 4.69) is 10.3 Å². The average molecular weight is 291 g/mol. The molecule has 0 aliphatic heterocycles. The van der Waals surface area contributed by atoms with Crippen LogP contribution in [0.25, 0.3) is 9.88 Å². The van der Waals surface area contributed by atoms with Gasteiger partial charge >= 0.3 is 0 Å². The van der Waals surface area contributed by atoms with Crippen LogP contribution in [0.15, 0.2) is 23.7 Å². The van der Waals surface area contributed by atoms with Gasteiger partial charge in [-0.3, -0.25) is 9.59 Å². The molecule has 2 aromatic heterocycles. The number of nitrogens with one attached hydrogen (secondary N) is 1. The Balaban J connectivity index is 2.26. The average Bonchev–Trinajstić information content (AvgIpc) is 3.09. The van der Waals surface area contributed by atoms with Crippen LogP contribution in [0.5, 0.6) is 0 Å². The highest BCUT2D eigenvalue weighted by atomic mass is 32.1. The first kappa shape index (κ1) is 13.4. The van der Waals surface area contributed by atoms with Gasteiger partial charge < -0.3 is 5.32 Å². The molecule has 0 saturated heterocycles. The van der Waals surface area contributed by atoms with Gasteiger partial charge in [0.25, 0.3) is 0 Å². The predicted octanol–water partition coefficient (Wildman–Crippen LogP) is 1.94. The minimum absolute atomic E-state index is 0.318. The van der Waals surface area contributed by atoms with E-state index in [1.165, 1.54) is 35.9 Å². The van der Waals surface area contributed by atoms with Gasteiger partial charge in [0, 0.05) is 13.2 Å². The maximum absolute atomic E-state index is 12.0. The fourth-order valence-electron chi connectivity index (χ4n) is 1.43. The van der Waals surface area contributed by atoms with E-state index in [-0.39, 0.29) is 0 Å². The number of carbonyl (C=O) groups excluding carboxylic acids is 2. The highest BCUT2D eigenvalue weighted by Crippen LogP contribution is 2.29. The topological polar surface area (TPSA) is 82.9 Å². The first-order valence-electron chi connectivity index (χ1n) is 5.32. The lowest BCUT2D eigenvalue weighted by Gasteiger charge is -2.03. The maximum Gasteiger partial charge on any atom is 0.245 e. The van der Waals surface area contributed by atoms with Gasteiger partial charge in [0.15, 0.2) is 5.92 Å². The minimum Gasteiger partial charge on any atom is -0.358 e. The molecule has 0 spiro atoms. The summed E-state index contributed by atoms with van der Waals surface area (Å²) in [4.78, 5) is 28.9. The molecular weight excluding hydrogens is 282 g/mol. The maximum atomic E-state index is 12.0. The van der Waals surface area contributed by atoms with Gasteiger partial charge in [-0.25, -0.2) is 4.98 Å². The Hall–Kier alpha value is -2.04. The molecule has 96 valence electrons. The molecule has 5 nitrogen and oxygen atoms in total. The largest absolute Gasteiger partial charge is 0.358 e. The van der Waals surface area contributed by atoms with Crippen molar-refractivity contribution in [3.63, 3.8) is 0 Å². The van der Waals surface area contributed by atoms with E-state index < -0.39 is 17.6 Å². The fraction of sp³-hybridized carbons (Fsp3) is 0.167. The first-order chi connectivity index (χ1) is 9.17. The highest BCUT2D eigenvalue weighted by molar-refractivity contribution is 7.22. The van der Waals surface area contributed by atoms with Gasteiger partial charge in [-0.1, -0.05) is 6.07 Å². The van der Waals surface area contributed by atoms with Crippen LogP contribution in [0.1, 0.15) is 9.67 Å². The van der Waals surface area contributed by atoms with Crippen LogP contribution in [0.2, 0.25) is 0 Å². The summed E-state index contributed by atoms with van der Waals surface area (Å²) in [5.41, 5.74) is 0. The molecule has 1 N–H and O–H groups in total. The Kier molecular flexibility index (Phi) is 4.04. The van der Waals surface area contributed by atoms with Crippen molar-refractivity contribution >= 4 is 34.4 Å². The highest BCUT2D eigenvalue weighted by Gasteiger charge is 2.28. The van der Waals surface area contributed by atoms with Crippen molar-refractivity contribution in [2.45, 2.75) is 0 Å². The van der Waals surface area contributed by atoms with Crippen molar-refractivity contribution in [3.8, 4) is 16.0 Å². The Morgan fingerprint density at radius 3 is 2.89 bits per heavy atom. The van der Waals surface area contributed by atoms with Crippen molar-refractivity contribution in [2.24, 2.45) is 5.92 Å². The molecule has 1 atom stereocenters. The number of hydrogen-bond acceptors (Lipinski definition) is 6. The van der Waals surface area contributed by atoms with Gasteiger partial charge in [-0.2, -0.15) is 5.26 Å². The van der Waals surface area contributed by atoms with Crippen molar-refractivity contribution in [2.75, 3.05) is 7.05 Å². The summed E-state index contributed by atoms with van der Waals surface area (Å²) in [5.74, 6) is -2.43. The lowest BCUT2D eigenvalue weighted by Crippen LogP contribution is -2.31. The summed E-state index contributed by atoms with van der Waals surface area (Å²) >= 11 is 2.71. The summed E-state index contributed by atoms with van der Waals surface area (Å²) in [7, 11) is 1.39. The normalized spacial score (nSPS) is 11.6. The van der Waals surface area contributed by atoms with Crippen molar-refractivity contribution in [1.82, 2.24) is 10.3 Å². The Morgan fingerprint density at radius 1 is 1.53 bits per heavy atom. The summed E-state index contributed by atoms with van der Waals surface area (Å²) in [6, 6.07) is 5.51. The summed E-state index contributed by atoms with van der Waals surface area (Å²) in [6.45, 7) is 0. The van der Waals surface area contributed by atoms with Crippen LogP contribution >= 0.6 is 22.7 Å². The molecule has 0 radical (unpaired) electrons. The van der Waals surface area contributed by atoms with Gasteiger partial charge in [0.2, 0.25) is 11.7 Å². The van der Waals surface area contributed by atoms with Crippen molar-refractivity contribution < 1.29 is 9.59 Å². The van der Waals surface area contributed by atoms with E-state index in [0.29, 0.717) is 9.88 Å². The number of nitrogens with zero attached hydrogens (tertiary/aromatic N) is 2. The van der Waals surface area contributed by atoms with Crippen LogP contribution in [-0.4, -0.2) is 23.7 Å². The number of thiazole rings is 1. The van der Waals surface area contributed by atoms with E-state index in [9.17, 15) is 9.59 Å². The predicted molar refractivity (Wildman–Crippen MR) is 72.9 cm³/mol. The molecule has 0 saturated carbocycles. The number of ketones is 1. The third kappa shape index (κ3) is 2.70. The summed E-state index contributed by atoms with van der Waals surface area (Å²) in [6.07, 6.45) is 1.41. The number of hydrogen-bond donors (Lipinski definition) is 1. The summed E-state index contributed by atoms with van der Waals surface area (Å²) < 4.78 is 0. The van der Waals surface area contributed by atoms with Crippen molar-refractivity contribution in [1.29, 1.82) is 5.26 Å². The Morgan fingerprint density at radius 2 is 2.32 bits per heavy atom. The number of thiophene rings is 1. The summed E-state index contributed by atoms with van der Waals surface area (Å²) in [5, 5.41) is 13.8. The molecule has 0 aliphatic rings. The van der Waals surface area contributed by atoms with Gasteiger partial charge in [0.1, 0.15) is 5.01 Å². The van der Waals surface area contributed by atoms with E-state index in [1.54, 1.807) is 6.07 Å². The second-order valence-electron chi connectivity index (χ2n) is 3.55. The third-order valence-corrected chi connectivity index (χ3v) is 4.43. The first-order valence-corrected chi connectivity index (χ1v) is 7.02. The van der Waals surface area contributed by atoms with Gasteiger partial charge in [-0.05, 0) is 11.4 Å². The fourth-order valence-corrected chi connectivity index (χ4v) is 3.12.